The van der Waals surface area contributed by atoms with Crippen LogP contribution in [-0.2, 0) is 10.0 Å². The van der Waals surface area contributed by atoms with Gasteiger partial charge in [-0.15, -0.1) is 0 Å². The number of sulfonamides is 1. The van der Waals surface area contributed by atoms with Crippen LogP contribution in [0.5, 0.6) is 0 Å². The lowest BCUT2D eigenvalue weighted by atomic mass is 9.86. The molecule has 0 bridgehead atoms. The number of hydrogen-bond donors (Lipinski definition) is 2. The van der Waals surface area contributed by atoms with Gasteiger partial charge in [-0.3, -0.25) is 14.5 Å². The number of fused-ring (bicyclic) bond motifs is 1. The molecule has 1 unspecified atom stereocenters. The normalized spacial score (nSPS) is 22.2. The molecule has 2 heterocycles. The van der Waals surface area contributed by atoms with E-state index in [-0.39, 0.29) is 49.6 Å². The number of nitrogens with zero attached hydrogens (tertiary/aromatic N) is 2. The molecule has 2 N–H and O–H groups in total. The molecule has 1 aliphatic heterocycles. The third-order valence-corrected chi connectivity index (χ3v) is 8.49. The summed E-state index contributed by atoms with van der Waals surface area (Å²) >= 11 is 0. The number of pyridine rings is 1. The Hall–Kier alpha value is -3.11. The van der Waals surface area contributed by atoms with Gasteiger partial charge in [0.05, 0.1) is 11.3 Å². The number of aromatic nitrogens is 1. The van der Waals surface area contributed by atoms with Crippen LogP contribution in [0.4, 0.5) is 14.5 Å². The number of aliphatic hydroxyl groups is 1. The number of benzene rings is 1. The highest BCUT2D eigenvalue weighted by molar-refractivity contribution is 8.01. The Morgan fingerprint density at radius 1 is 1.17 bits per heavy atom. The molecule has 1 saturated heterocycles. The first-order valence-electron chi connectivity index (χ1n) is 11.9. The molecule has 1 amide bonds. The minimum absolute atomic E-state index is 0.0589. The summed E-state index contributed by atoms with van der Waals surface area (Å²) in [6.45, 7) is 0.549. The van der Waals surface area contributed by atoms with Gasteiger partial charge in [0, 0.05) is 48.4 Å². The van der Waals surface area contributed by atoms with E-state index in [2.05, 4.69) is 9.71 Å². The Bertz CT molecular complexity index is 1330. The largest absolute Gasteiger partial charge is 0.390 e. The number of piperidine rings is 1. The first kappa shape index (κ1) is 24.6. The molecule has 1 atom stereocenters. The van der Waals surface area contributed by atoms with Crippen LogP contribution in [-0.4, -0.2) is 53.9 Å². The number of alkyl halides is 2. The molecule has 0 spiro atoms. The second-order valence-corrected chi connectivity index (χ2v) is 11.4. The Balaban J connectivity index is 1.22. The van der Waals surface area contributed by atoms with E-state index in [1.165, 1.54) is 12.1 Å². The van der Waals surface area contributed by atoms with Gasteiger partial charge >= 0.3 is 0 Å². The molecule has 2 aliphatic carbocycles. The molecule has 0 radical (unpaired) electrons. The highest BCUT2D eigenvalue weighted by Crippen LogP contribution is 2.53. The standard InChI is InChI=1S/C26H27F2N3O4S/c27-26(28)17-20(26)16-25(33)11-14-31(15-12-25)24(32)19-7-9-21(10-8-19)30-36(34,35)22-6-2-1-4-18-5-3-13-29-23(18)22/h1,3-10,13,20,30,33H,2,11-12,14-17H2. The van der Waals surface area contributed by atoms with Gasteiger partial charge in [-0.2, -0.15) is 0 Å². The van der Waals surface area contributed by atoms with E-state index < -0.39 is 27.5 Å². The molecule has 10 heteroatoms. The maximum absolute atomic E-state index is 13.2. The average molecular weight is 516 g/mol. The van der Waals surface area contributed by atoms with Gasteiger partial charge in [-0.05, 0) is 56.0 Å². The van der Waals surface area contributed by atoms with Crippen LogP contribution in [0.15, 0.2) is 54.7 Å². The fourth-order valence-electron chi connectivity index (χ4n) is 4.82. The van der Waals surface area contributed by atoms with Crippen LogP contribution in [0.25, 0.3) is 11.0 Å². The number of amides is 1. The number of hydrogen-bond acceptors (Lipinski definition) is 5. The summed E-state index contributed by atoms with van der Waals surface area (Å²) in [7, 11) is -3.92. The van der Waals surface area contributed by atoms with Crippen LogP contribution in [0.3, 0.4) is 0 Å². The summed E-state index contributed by atoms with van der Waals surface area (Å²) in [5, 5.41) is 10.7. The van der Waals surface area contributed by atoms with E-state index in [0.717, 1.165) is 0 Å². The van der Waals surface area contributed by atoms with Gasteiger partial charge in [0.15, 0.2) is 0 Å². The predicted octanol–water partition coefficient (Wildman–Crippen LogP) is 4.29. The zero-order valence-corrected chi connectivity index (χ0v) is 20.3. The zero-order valence-electron chi connectivity index (χ0n) is 19.5. The van der Waals surface area contributed by atoms with Crippen molar-refractivity contribution in [3.63, 3.8) is 0 Å². The van der Waals surface area contributed by atoms with Crippen molar-refractivity contribution in [1.82, 2.24) is 9.88 Å². The molecule has 190 valence electrons. The lowest BCUT2D eigenvalue weighted by Gasteiger charge is -2.38. The van der Waals surface area contributed by atoms with E-state index >= 15 is 0 Å². The van der Waals surface area contributed by atoms with Crippen molar-refractivity contribution in [2.75, 3.05) is 17.8 Å². The lowest BCUT2D eigenvalue weighted by Crippen LogP contribution is -2.47. The summed E-state index contributed by atoms with van der Waals surface area (Å²) in [6.07, 6.45) is 7.70. The third kappa shape index (κ3) is 5.05. The third-order valence-electron chi connectivity index (χ3n) is 7.05. The van der Waals surface area contributed by atoms with Gasteiger partial charge in [0.1, 0.15) is 4.91 Å². The SMILES string of the molecule is O=C(c1ccc(NS(=O)(=O)C2=CCC=Cc3cccnc32)cc1)N1CCC(O)(CC2CC2(F)F)CC1. The number of carbonyl (C=O) groups is 1. The van der Waals surface area contributed by atoms with Crippen LogP contribution in [0, 0.1) is 5.92 Å². The molecular formula is C26H27F2N3O4S. The monoisotopic (exact) mass is 515 g/mol. The van der Waals surface area contributed by atoms with Crippen molar-refractivity contribution >= 4 is 32.6 Å². The van der Waals surface area contributed by atoms with Crippen LogP contribution in [0.2, 0.25) is 0 Å². The van der Waals surface area contributed by atoms with Crippen molar-refractivity contribution < 1.29 is 27.1 Å². The minimum atomic E-state index is -3.92. The van der Waals surface area contributed by atoms with E-state index in [9.17, 15) is 27.1 Å². The minimum Gasteiger partial charge on any atom is -0.390 e. The smallest absolute Gasteiger partial charge is 0.263 e. The van der Waals surface area contributed by atoms with E-state index in [4.69, 9.17) is 0 Å². The highest BCUT2D eigenvalue weighted by Gasteiger charge is 2.59. The summed E-state index contributed by atoms with van der Waals surface area (Å²) in [5.74, 6) is -3.69. The summed E-state index contributed by atoms with van der Waals surface area (Å²) < 4.78 is 55.3. The summed E-state index contributed by atoms with van der Waals surface area (Å²) in [5.41, 5.74) is 0.606. The molecule has 2 aromatic rings. The molecule has 1 aromatic heterocycles. The van der Waals surface area contributed by atoms with Crippen molar-refractivity contribution in [1.29, 1.82) is 0 Å². The summed E-state index contributed by atoms with van der Waals surface area (Å²) in [4.78, 5) is 18.9. The van der Waals surface area contributed by atoms with Crippen molar-refractivity contribution in [2.45, 2.75) is 43.6 Å². The Morgan fingerprint density at radius 3 is 2.53 bits per heavy atom. The van der Waals surface area contributed by atoms with Crippen LogP contribution < -0.4 is 4.72 Å². The van der Waals surface area contributed by atoms with Crippen molar-refractivity contribution in [3.8, 4) is 0 Å². The predicted molar refractivity (Wildman–Crippen MR) is 133 cm³/mol. The number of rotatable bonds is 6. The number of nitrogens with one attached hydrogen (secondary N) is 1. The fraction of sp³-hybridized carbons (Fsp3) is 0.385. The second-order valence-electron chi connectivity index (χ2n) is 9.71. The number of anilines is 1. The number of halogens is 2. The molecular weight excluding hydrogens is 488 g/mol. The van der Waals surface area contributed by atoms with Gasteiger partial charge in [0.25, 0.3) is 21.9 Å². The van der Waals surface area contributed by atoms with Gasteiger partial charge in [0.2, 0.25) is 0 Å². The van der Waals surface area contributed by atoms with Gasteiger partial charge in [-0.25, -0.2) is 17.2 Å². The second kappa shape index (κ2) is 9.08. The number of allylic oxidation sites excluding steroid dienone is 2. The van der Waals surface area contributed by atoms with E-state index in [0.29, 0.717) is 28.9 Å². The Morgan fingerprint density at radius 2 is 1.86 bits per heavy atom. The molecule has 36 heavy (non-hydrogen) atoms. The van der Waals surface area contributed by atoms with Gasteiger partial charge in [-0.1, -0.05) is 24.3 Å². The zero-order chi connectivity index (χ0) is 25.6. The van der Waals surface area contributed by atoms with E-state index in [1.54, 1.807) is 41.4 Å². The molecule has 1 saturated carbocycles. The molecule has 5 rings (SSSR count). The number of likely N-dealkylation sites (tertiary alicyclic amines) is 1. The fourth-order valence-corrected chi connectivity index (χ4v) is 6.11. The van der Waals surface area contributed by atoms with Crippen LogP contribution in [0.1, 0.15) is 53.7 Å². The molecule has 3 aliphatic rings. The average Bonchev–Trinajstić information content (AvgIpc) is 3.51. The summed E-state index contributed by atoms with van der Waals surface area (Å²) in [6, 6.07) is 9.68. The van der Waals surface area contributed by atoms with E-state index in [1.807, 2.05) is 12.2 Å². The lowest BCUT2D eigenvalue weighted by molar-refractivity contribution is -0.0366. The number of carbonyl (C=O) groups excluding carboxylic acids is 1. The first-order chi connectivity index (χ1) is 17.1. The first-order valence-corrected chi connectivity index (χ1v) is 13.4. The molecule has 1 aromatic carbocycles. The molecule has 7 nitrogen and oxygen atoms in total. The highest BCUT2D eigenvalue weighted by atomic mass is 32.2. The van der Waals surface area contributed by atoms with Crippen LogP contribution >= 0.6 is 0 Å². The molecule has 2 fully saturated rings. The van der Waals surface area contributed by atoms with Crippen molar-refractivity contribution in [2.24, 2.45) is 5.92 Å². The maximum Gasteiger partial charge on any atom is 0.263 e. The Labute approximate surface area is 208 Å². The van der Waals surface area contributed by atoms with Crippen molar-refractivity contribution in [3.05, 3.63) is 71.6 Å². The maximum atomic E-state index is 13.2. The quantitative estimate of drug-likeness (QED) is 0.598. The Kier molecular flexibility index (Phi) is 6.20. The topological polar surface area (TPSA) is 99.6 Å². The van der Waals surface area contributed by atoms with Gasteiger partial charge < -0.3 is 10.0 Å².